The van der Waals surface area contributed by atoms with Crippen LogP contribution in [0.25, 0.3) is 0 Å². The van der Waals surface area contributed by atoms with Gasteiger partial charge in [0.1, 0.15) is 5.75 Å². The van der Waals surface area contributed by atoms with Crippen LogP contribution < -0.4 is 10.1 Å². The van der Waals surface area contributed by atoms with Gasteiger partial charge in [-0.15, -0.1) is 0 Å². The molecule has 0 unspecified atom stereocenters. The van der Waals surface area contributed by atoms with Crippen molar-refractivity contribution in [3.05, 3.63) is 64.7 Å². The number of rotatable bonds is 6. The summed E-state index contributed by atoms with van der Waals surface area (Å²) in [4.78, 5) is 26.4. The Morgan fingerprint density at radius 3 is 2.78 bits per heavy atom. The van der Waals surface area contributed by atoms with E-state index in [2.05, 4.69) is 5.32 Å². The molecule has 0 radical (unpaired) electrons. The molecule has 1 aliphatic rings. The van der Waals surface area contributed by atoms with Gasteiger partial charge in [-0.2, -0.15) is 0 Å². The van der Waals surface area contributed by atoms with E-state index in [1.54, 1.807) is 13.2 Å². The quantitative estimate of drug-likeness (QED) is 0.849. The van der Waals surface area contributed by atoms with Crippen LogP contribution in [0, 0.1) is 6.92 Å². The number of nitrogens with zero attached hydrogens (tertiary/aromatic N) is 1. The smallest absolute Gasteiger partial charge is 0.251 e. The van der Waals surface area contributed by atoms with Crippen molar-refractivity contribution >= 4 is 11.8 Å². The Morgan fingerprint density at radius 2 is 2.07 bits per heavy atom. The fraction of sp³-hybridized carbons (Fsp3) is 0.364. The molecule has 1 fully saturated rings. The van der Waals surface area contributed by atoms with Gasteiger partial charge in [0.2, 0.25) is 5.91 Å². The van der Waals surface area contributed by atoms with E-state index in [4.69, 9.17) is 4.74 Å². The van der Waals surface area contributed by atoms with Gasteiger partial charge in [0.15, 0.2) is 0 Å². The zero-order valence-corrected chi connectivity index (χ0v) is 16.1. The van der Waals surface area contributed by atoms with Crippen molar-refractivity contribution < 1.29 is 14.3 Å². The number of hydrogen-bond acceptors (Lipinski definition) is 3. The minimum Gasteiger partial charge on any atom is -0.496 e. The minimum atomic E-state index is -0.184. The molecule has 142 valence electrons. The Balaban J connectivity index is 1.71. The van der Waals surface area contributed by atoms with Crippen molar-refractivity contribution in [2.24, 2.45) is 0 Å². The van der Waals surface area contributed by atoms with Crippen LogP contribution in [0.1, 0.15) is 52.9 Å². The first kappa shape index (κ1) is 19.0. The molecule has 3 rings (SSSR count). The topological polar surface area (TPSA) is 58.6 Å². The number of methoxy groups -OCH3 is 1. The molecular weight excluding hydrogens is 340 g/mol. The standard InChI is InChI=1S/C22H26N2O3/c1-15-9-10-20(27-3)19(12-15)16(2)23-22(26)18-7-4-6-17(13-18)14-24-11-5-8-21(24)25/h4,6-7,9-10,12-13,16H,5,8,11,14H2,1-3H3,(H,23,26)/t16-/m1/s1. The lowest BCUT2D eigenvalue weighted by atomic mass is 10.0. The van der Waals surface area contributed by atoms with Crippen molar-refractivity contribution in [1.29, 1.82) is 0 Å². The summed E-state index contributed by atoms with van der Waals surface area (Å²) in [5.74, 6) is 0.806. The fourth-order valence-electron chi connectivity index (χ4n) is 3.45. The third-order valence-electron chi connectivity index (χ3n) is 4.93. The van der Waals surface area contributed by atoms with Crippen molar-refractivity contribution in [2.75, 3.05) is 13.7 Å². The molecule has 1 saturated heterocycles. The molecule has 5 nitrogen and oxygen atoms in total. The van der Waals surface area contributed by atoms with Gasteiger partial charge >= 0.3 is 0 Å². The maximum absolute atomic E-state index is 12.7. The molecule has 0 saturated carbocycles. The highest BCUT2D eigenvalue weighted by Gasteiger charge is 2.21. The Bertz CT molecular complexity index is 847. The SMILES string of the molecule is COc1ccc(C)cc1[C@@H](C)NC(=O)c1cccc(CN2CCCC2=O)c1. The van der Waals surface area contributed by atoms with Gasteiger partial charge in [0.25, 0.3) is 5.91 Å². The van der Waals surface area contributed by atoms with Crippen LogP contribution >= 0.6 is 0 Å². The van der Waals surface area contributed by atoms with E-state index in [1.165, 1.54) is 0 Å². The van der Waals surface area contributed by atoms with Crippen LogP contribution in [-0.2, 0) is 11.3 Å². The summed E-state index contributed by atoms with van der Waals surface area (Å²) in [7, 11) is 1.63. The number of amides is 2. The number of carbonyl (C=O) groups is 2. The van der Waals surface area contributed by atoms with Gasteiger partial charge < -0.3 is 15.0 Å². The second kappa shape index (κ2) is 8.25. The summed E-state index contributed by atoms with van der Waals surface area (Å²) >= 11 is 0. The second-order valence-corrected chi connectivity index (χ2v) is 7.06. The van der Waals surface area contributed by atoms with Crippen LogP contribution in [0.4, 0.5) is 0 Å². The molecule has 0 spiro atoms. The lowest BCUT2D eigenvalue weighted by Gasteiger charge is -2.19. The van der Waals surface area contributed by atoms with E-state index >= 15 is 0 Å². The molecule has 0 aliphatic carbocycles. The van der Waals surface area contributed by atoms with Crippen molar-refractivity contribution in [2.45, 2.75) is 39.3 Å². The summed E-state index contributed by atoms with van der Waals surface area (Å²) < 4.78 is 5.42. The molecule has 2 amide bonds. The third-order valence-corrected chi connectivity index (χ3v) is 4.93. The van der Waals surface area contributed by atoms with Gasteiger partial charge in [-0.25, -0.2) is 0 Å². The molecule has 2 aromatic carbocycles. The number of carbonyl (C=O) groups excluding carboxylic acids is 2. The first-order valence-electron chi connectivity index (χ1n) is 9.30. The third kappa shape index (κ3) is 4.48. The molecule has 1 aliphatic heterocycles. The molecule has 5 heteroatoms. The highest BCUT2D eigenvalue weighted by Crippen LogP contribution is 2.26. The fourth-order valence-corrected chi connectivity index (χ4v) is 3.45. The van der Waals surface area contributed by atoms with E-state index in [-0.39, 0.29) is 17.9 Å². The highest BCUT2D eigenvalue weighted by molar-refractivity contribution is 5.94. The predicted molar refractivity (Wildman–Crippen MR) is 105 cm³/mol. The van der Waals surface area contributed by atoms with E-state index in [1.807, 2.05) is 55.1 Å². The zero-order chi connectivity index (χ0) is 19.4. The van der Waals surface area contributed by atoms with Crippen LogP contribution in [0.3, 0.4) is 0 Å². The van der Waals surface area contributed by atoms with Gasteiger partial charge in [-0.3, -0.25) is 9.59 Å². The van der Waals surface area contributed by atoms with E-state index in [0.717, 1.165) is 35.4 Å². The van der Waals surface area contributed by atoms with Gasteiger partial charge in [-0.05, 0) is 44.0 Å². The van der Waals surface area contributed by atoms with Crippen molar-refractivity contribution in [3.63, 3.8) is 0 Å². The molecule has 0 bridgehead atoms. The maximum atomic E-state index is 12.7. The number of benzene rings is 2. The first-order chi connectivity index (χ1) is 13.0. The average molecular weight is 366 g/mol. The van der Waals surface area contributed by atoms with Crippen molar-refractivity contribution in [3.8, 4) is 5.75 Å². The molecule has 27 heavy (non-hydrogen) atoms. The van der Waals surface area contributed by atoms with Crippen LogP contribution in [-0.4, -0.2) is 30.4 Å². The number of nitrogens with one attached hydrogen (secondary N) is 1. The van der Waals surface area contributed by atoms with E-state index in [9.17, 15) is 9.59 Å². The molecule has 0 aromatic heterocycles. The van der Waals surface area contributed by atoms with Crippen molar-refractivity contribution in [1.82, 2.24) is 10.2 Å². The Morgan fingerprint density at radius 1 is 1.26 bits per heavy atom. The minimum absolute atomic E-state index is 0.138. The van der Waals surface area contributed by atoms with Crippen LogP contribution in [0.15, 0.2) is 42.5 Å². The lowest BCUT2D eigenvalue weighted by Crippen LogP contribution is -2.27. The summed E-state index contributed by atoms with van der Waals surface area (Å²) in [6.45, 7) is 5.31. The largest absolute Gasteiger partial charge is 0.496 e. The predicted octanol–water partition coefficient (Wildman–Crippen LogP) is 3.62. The number of hydrogen-bond donors (Lipinski definition) is 1. The van der Waals surface area contributed by atoms with E-state index in [0.29, 0.717) is 18.5 Å². The van der Waals surface area contributed by atoms with Crippen LogP contribution in [0.5, 0.6) is 5.75 Å². The lowest BCUT2D eigenvalue weighted by molar-refractivity contribution is -0.128. The summed E-state index contributed by atoms with van der Waals surface area (Å²) in [6, 6.07) is 13.2. The second-order valence-electron chi connectivity index (χ2n) is 7.06. The molecule has 1 atom stereocenters. The Kier molecular flexibility index (Phi) is 5.79. The normalized spacial score (nSPS) is 14.9. The number of aryl methyl sites for hydroxylation is 1. The van der Waals surface area contributed by atoms with Gasteiger partial charge in [0.05, 0.1) is 13.2 Å². The molecule has 1 heterocycles. The summed E-state index contributed by atoms with van der Waals surface area (Å²) in [6.07, 6.45) is 1.53. The monoisotopic (exact) mass is 366 g/mol. The Hall–Kier alpha value is -2.82. The summed E-state index contributed by atoms with van der Waals surface area (Å²) in [5, 5.41) is 3.04. The highest BCUT2D eigenvalue weighted by atomic mass is 16.5. The summed E-state index contributed by atoms with van der Waals surface area (Å²) in [5.41, 5.74) is 3.63. The van der Waals surface area contributed by atoms with Gasteiger partial charge in [-0.1, -0.05) is 29.8 Å². The maximum Gasteiger partial charge on any atom is 0.251 e. The molecule has 1 N–H and O–H groups in total. The molecular formula is C22H26N2O3. The van der Waals surface area contributed by atoms with Crippen LogP contribution in [0.2, 0.25) is 0 Å². The Labute approximate surface area is 160 Å². The molecule has 2 aromatic rings. The number of likely N-dealkylation sites (tertiary alicyclic amines) is 1. The zero-order valence-electron chi connectivity index (χ0n) is 16.1. The number of ether oxygens (including phenoxy) is 1. The first-order valence-corrected chi connectivity index (χ1v) is 9.30. The van der Waals surface area contributed by atoms with Gasteiger partial charge in [0, 0.05) is 30.6 Å². The average Bonchev–Trinajstić information content (AvgIpc) is 3.06. The van der Waals surface area contributed by atoms with E-state index < -0.39 is 0 Å².